The van der Waals surface area contributed by atoms with Crippen LogP contribution in [-0.2, 0) is 17.6 Å². The van der Waals surface area contributed by atoms with Gasteiger partial charge in [-0.25, -0.2) is 14.9 Å². The van der Waals surface area contributed by atoms with Crippen molar-refractivity contribution >= 4 is 39.8 Å². The van der Waals surface area contributed by atoms with E-state index in [0.717, 1.165) is 28.1 Å². The number of anilines is 2. The number of hydrogen-bond donors (Lipinski definition) is 1. The summed E-state index contributed by atoms with van der Waals surface area (Å²) in [4.78, 5) is 30.2. The monoisotopic (exact) mass is 403 g/mol. The smallest absolute Gasteiger partial charge is 0.274 e. The quantitative estimate of drug-likeness (QED) is 0.660. The van der Waals surface area contributed by atoms with E-state index in [2.05, 4.69) is 27.3 Å². The molecule has 2 aromatic heterocycles. The predicted octanol–water partition coefficient (Wildman–Crippen LogP) is 3.47. The fraction of sp³-hybridized carbons (Fsp3) is 0.333. The van der Waals surface area contributed by atoms with E-state index in [1.165, 1.54) is 27.7 Å². The van der Waals surface area contributed by atoms with E-state index < -0.39 is 0 Å². The van der Waals surface area contributed by atoms with Crippen molar-refractivity contribution in [3.63, 3.8) is 0 Å². The summed E-state index contributed by atoms with van der Waals surface area (Å²) in [6, 6.07) is 4.14. The summed E-state index contributed by atoms with van der Waals surface area (Å²) in [5.41, 5.74) is 4.73. The molecule has 0 atom stereocenters. The third kappa shape index (κ3) is 3.98. The Hall–Kier alpha value is -2.39. The van der Waals surface area contributed by atoms with Gasteiger partial charge in [0.1, 0.15) is 0 Å². The SMILES string of the molecule is CC(=O)N(c1nc(CSc2n[nH]c(=O)n2C)cs1)c1c(C)cc(C)cc1C. The second-order valence-corrected chi connectivity index (χ2v) is 8.16. The molecule has 27 heavy (non-hydrogen) atoms. The molecule has 3 rings (SSSR count). The van der Waals surface area contributed by atoms with Crippen molar-refractivity contribution in [2.75, 3.05) is 4.90 Å². The summed E-state index contributed by atoms with van der Waals surface area (Å²) in [7, 11) is 1.67. The van der Waals surface area contributed by atoms with Crippen LogP contribution in [0.1, 0.15) is 29.3 Å². The number of thiazole rings is 1. The zero-order chi connectivity index (χ0) is 19.7. The Labute approximate surface area is 165 Å². The average Bonchev–Trinajstić information content (AvgIpc) is 3.16. The number of aromatic nitrogens is 4. The maximum Gasteiger partial charge on any atom is 0.343 e. The normalized spacial score (nSPS) is 11.0. The number of carbonyl (C=O) groups is 1. The summed E-state index contributed by atoms with van der Waals surface area (Å²) < 4.78 is 1.46. The number of nitrogens with one attached hydrogen (secondary N) is 1. The molecule has 1 aromatic carbocycles. The number of H-pyrrole nitrogens is 1. The first-order chi connectivity index (χ1) is 12.8. The van der Waals surface area contributed by atoms with Gasteiger partial charge < -0.3 is 0 Å². The molecule has 9 heteroatoms. The molecule has 0 saturated carbocycles. The highest BCUT2D eigenvalue weighted by atomic mass is 32.2. The molecular formula is C18H21N5O2S2. The summed E-state index contributed by atoms with van der Waals surface area (Å²) in [5, 5.41) is 9.57. The molecule has 1 amide bonds. The molecule has 1 N–H and O–H groups in total. The second kappa shape index (κ2) is 7.69. The molecule has 7 nitrogen and oxygen atoms in total. The fourth-order valence-corrected chi connectivity index (χ4v) is 4.77. The van der Waals surface area contributed by atoms with Gasteiger partial charge in [-0.2, -0.15) is 0 Å². The van der Waals surface area contributed by atoms with Crippen LogP contribution in [0.3, 0.4) is 0 Å². The molecule has 142 valence electrons. The van der Waals surface area contributed by atoms with E-state index in [-0.39, 0.29) is 11.6 Å². The first-order valence-electron chi connectivity index (χ1n) is 8.35. The van der Waals surface area contributed by atoms with Crippen molar-refractivity contribution < 1.29 is 4.79 Å². The molecule has 0 bridgehead atoms. The zero-order valence-electron chi connectivity index (χ0n) is 15.9. The third-order valence-corrected chi connectivity index (χ3v) is 6.03. The Bertz CT molecular complexity index is 1030. The van der Waals surface area contributed by atoms with Crippen LogP contribution in [0.15, 0.2) is 27.5 Å². The van der Waals surface area contributed by atoms with Crippen molar-refractivity contribution in [2.45, 2.75) is 38.6 Å². The molecular weight excluding hydrogens is 382 g/mol. The summed E-state index contributed by atoms with van der Waals surface area (Å²) >= 11 is 2.85. The molecule has 2 heterocycles. The van der Waals surface area contributed by atoms with Gasteiger partial charge >= 0.3 is 5.69 Å². The minimum Gasteiger partial charge on any atom is -0.274 e. The third-order valence-electron chi connectivity index (χ3n) is 4.09. The van der Waals surface area contributed by atoms with Crippen LogP contribution >= 0.6 is 23.1 Å². The topological polar surface area (TPSA) is 83.9 Å². The van der Waals surface area contributed by atoms with E-state index in [1.54, 1.807) is 18.9 Å². The highest BCUT2D eigenvalue weighted by Gasteiger charge is 2.22. The number of aromatic amines is 1. The molecule has 3 aromatic rings. The Balaban J connectivity index is 1.87. The van der Waals surface area contributed by atoms with Gasteiger partial charge in [0.15, 0.2) is 10.3 Å². The Kier molecular flexibility index (Phi) is 5.52. The minimum atomic E-state index is -0.246. The van der Waals surface area contributed by atoms with Gasteiger partial charge in [-0.3, -0.25) is 14.3 Å². The van der Waals surface area contributed by atoms with Crippen molar-refractivity contribution in [1.82, 2.24) is 19.7 Å². The standard InChI is InChI=1S/C18H21N5O2S2/c1-10-6-11(2)15(12(3)7-10)23(13(4)24)17-19-14(8-26-17)9-27-18-21-20-16(25)22(18)5/h6-8H,9H2,1-5H3,(H,20,25). The van der Waals surface area contributed by atoms with Crippen LogP contribution in [0.5, 0.6) is 0 Å². The van der Waals surface area contributed by atoms with Crippen LogP contribution in [0.25, 0.3) is 0 Å². The van der Waals surface area contributed by atoms with E-state index >= 15 is 0 Å². The van der Waals surface area contributed by atoms with Crippen LogP contribution in [0.4, 0.5) is 10.8 Å². The van der Waals surface area contributed by atoms with Gasteiger partial charge in [-0.15, -0.1) is 16.4 Å². The number of rotatable bonds is 5. The fourth-order valence-electron chi connectivity index (χ4n) is 2.98. The lowest BCUT2D eigenvalue weighted by Crippen LogP contribution is -2.24. The van der Waals surface area contributed by atoms with Crippen LogP contribution in [0, 0.1) is 20.8 Å². The van der Waals surface area contributed by atoms with Crippen LogP contribution in [0.2, 0.25) is 0 Å². The number of nitrogens with zero attached hydrogens (tertiary/aromatic N) is 4. The molecule has 0 fully saturated rings. The van der Waals surface area contributed by atoms with Gasteiger partial charge in [0.2, 0.25) is 5.91 Å². The zero-order valence-corrected chi connectivity index (χ0v) is 17.5. The molecule has 0 aliphatic carbocycles. The second-order valence-electron chi connectivity index (χ2n) is 6.38. The maximum atomic E-state index is 12.4. The summed E-state index contributed by atoms with van der Waals surface area (Å²) in [5.74, 6) is 0.486. The van der Waals surface area contributed by atoms with Gasteiger partial charge in [-0.05, 0) is 31.9 Å². The van der Waals surface area contributed by atoms with Crippen molar-refractivity contribution in [3.8, 4) is 0 Å². The van der Waals surface area contributed by atoms with E-state index in [1.807, 2.05) is 26.2 Å². The Morgan fingerprint density at radius 2 is 1.96 bits per heavy atom. The number of aryl methyl sites for hydroxylation is 3. The molecule has 0 unspecified atom stereocenters. The first-order valence-corrected chi connectivity index (χ1v) is 10.2. The first kappa shape index (κ1) is 19.4. The predicted molar refractivity (Wildman–Crippen MR) is 109 cm³/mol. The van der Waals surface area contributed by atoms with E-state index in [9.17, 15) is 9.59 Å². The number of amides is 1. The lowest BCUT2D eigenvalue weighted by Gasteiger charge is -2.23. The minimum absolute atomic E-state index is 0.0756. The summed E-state index contributed by atoms with van der Waals surface area (Å²) in [6.07, 6.45) is 0. The molecule has 0 radical (unpaired) electrons. The highest BCUT2D eigenvalue weighted by molar-refractivity contribution is 7.98. The van der Waals surface area contributed by atoms with Gasteiger partial charge in [0.25, 0.3) is 0 Å². The number of benzene rings is 1. The van der Waals surface area contributed by atoms with Crippen molar-refractivity contribution in [2.24, 2.45) is 7.05 Å². The molecule has 0 aliphatic heterocycles. The summed E-state index contributed by atoms with van der Waals surface area (Å²) in [6.45, 7) is 7.61. The lowest BCUT2D eigenvalue weighted by molar-refractivity contribution is -0.115. The van der Waals surface area contributed by atoms with Crippen LogP contribution in [-0.4, -0.2) is 25.7 Å². The number of carbonyl (C=O) groups excluding carboxylic acids is 1. The number of hydrogen-bond acceptors (Lipinski definition) is 6. The van der Waals surface area contributed by atoms with Gasteiger partial charge in [0.05, 0.1) is 11.4 Å². The Morgan fingerprint density at radius 3 is 2.52 bits per heavy atom. The molecule has 0 spiro atoms. The highest BCUT2D eigenvalue weighted by Crippen LogP contribution is 2.35. The Morgan fingerprint density at radius 1 is 1.30 bits per heavy atom. The maximum absolute atomic E-state index is 12.4. The molecule has 0 aliphatic rings. The largest absolute Gasteiger partial charge is 0.343 e. The van der Waals surface area contributed by atoms with Gasteiger partial charge in [-0.1, -0.05) is 29.5 Å². The van der Waals surface area contributed by atoms with E-state index in [4.69, 9.17) is 0 Å². The van der Waals surface area contributed by atoms with Crippen LogP contribution < -0.4 is 10.6 Å². The van der Waals surface area contributed by atoms with Crippen molar-refractivity contribution in [1.29, 1.82) is 0 Å². The molecule has 0 saturated heterocycles. The average molecular weight is 404 g/mol. The van der Waals surface area contributed by atoms with Crippen molar-refractivity contribution in [3.05, 3.63) is 50.4 Å². The lowest BCUT2D eigenvalue weighted by atomic mass is 10.0. The van der Waals surface area contributed by atoms with E-state index in [0.29, 0.717) is 16.0 Å². The number of thioether (sulfide) groups is 1. The van der Waals surface area contributed by atoms with Gasteiger partial charge in [0, 0.05) is 25.1 Å².